The summed E-state index contributed by atoms with van der Waals surface area (Å²) >= 11 is 0. The highest BCUT2D eigenvalue weighted by atomic mass is 16.2. The van der Waals surface area contributed by atoms with Gasteiger partial charge in [0.15, 0.2) is 0 Å². The molecule has 31 heavy (non-hydrogen) atoms. The fourth-order valence-corrected chi connectivity index (χ4v) is 5.43. The smallest absolute Gasteiger partial charge is 0.316 e. The number of benzene rings is 2. The van der Waals surface area contributed by atoms with Gasteiger partial charge in [-0.1, -0.05) is 62.1 Å². The SMILES string of the molecule is NC(=O)Nc1c2c(cc3c1CCC3)CCC2.c1ccc(CNC2CCCCCC2)cc1. The summed E-state index contributed by atoms with van der Waals surface area (Å²) in [6, 6.07) is 13.4. The first-order chi connectivity index (χ1) is 15.2. The molecule has 2 aromatic carbocycles. The van der Waals surface area contributed by atoms with Gasteiger partial charge in [0.2, 0.25) is 0 Å². The highest BCUT2D eigenvalue weighted by Crippen LogP contribution is 2.38. The van der Waals surface area contributed by atoms with Crippen LogP contribution in [0.3, 0.4) is 0 Å². The molecule has 166 valence electrons. The highest BCUT2D eigenvalue weighted by molar-refractivity contribution is 5.90. The van der Waals surface area contributed by atoms with E-state index in [1.54, 1.807) is 0 Å². The third kappa shape index (κ3) is 5.88. The van der Waals surface area contributed by atoms with Crippen LogP contribution in [0.25, 0.3) is 0 Å². The fraction of sp³-hybridized carbons (Fsp3) is 0.519. The molecule has 0 radical (unpaired) electrons. The van der Waals surface area contributed by atoms with Gasteiger partial charge in [-0.05, 0) is 79.2 Å². The average Bonchev–Trinajstić information content (AvgIpc) is 3.36. The predicted molar refractivity (Wildman–Crippen MR) is 128 cm³/mol. The second-order valence-electron chi connectivity index (χ2n) is 9.28. The van der Waals surface area contributed by atoms with Gasteiger partial charge in [-0.15, -0.1) is 0 Å². The predicted octanol–water partition coefficient (Wildman–Crippen LogP) is 5.65. The fourth-order valence-electron chi connectivity index (χ4n) is 5.43. The van der Waals surface area contributed by atoms with Crippen molar-refractivity contribution in [2.75, 3.05) is 5.32 Å². The number of amides is 2. The van der Waals surface area contributed by atoms with E-state index in [4.69, 9.17) is 5.73 Å². The number of carbonyl (C=O) groups is 1. The Bertz CT molecular complexity index is 838. The van der Waals surface area contributed by atoms with E-state index < -0.39 is 6.03 Å². The monoisotopic (exact) mass is 419 g/mol. The number of aryl methyl sites for hydroxylation is 2. The van der Waals surface area contributed by atoms with Gasteiger partial charge in [-0.3, -0.25) is 0 Å². The summed E-state index contributed by atoms with van der Waals surface area (Å²) in [7, 11) is 0. The van der Waals surface area contributed by atoms with Crippen LogP contribution in [0.1, 0.15) is 79.2 Å². The molecule has 2 amide bonds. The average molecular weight is 420 g/mol. The van der Waals surface area contributed by atoms with Crippen molar-refractivity contribution in [3.8, 4) is 0 Å². The lowest BCUT2D eigenvalue weighted by atomic mass is 9.99. The van der Waals surface area contributed by atoms with E-state index in [0.717, 1.165) is 44.0 Å². The van der Waals surface area contributed by atoms with Crippen molar-refractivity contribution < 1.29 is 4.79 Å². The van der Waals surface area contributed by atoms with Crippen LogP contribution >= 0.6 is 0 Å². The largest absolute Gasteiger partial charge is 0.351 e. The molecule has 0 spiro atoms. The molecule has 0 heterocycles. The highest BCUT2D eigenvalue weighted by Gasteiger charge is 2.24. The Kier molecular flexibility index (Phi) is 7.63. The zero-order valence-electron chi connectivity index (χ0n) is 18.7. The molecule has 0 unspecified atom stereocenters. The molecule has 2 aromatic rings. The summed E-state index contributed by atoms with van der Waals surface area (Å²) in [5.74, 6) is 0. The lowest BCUT2D eigenvalue weighted by Gasteiger charge is -2.15. The maximum Gasteiger partial charge on any atom is 0.316 e. The number of nitrogens with one attached hydrogen (secondary N) is 2. The molecule has 4 heteroatoms. The number of rotatable bonds is 4. The summed E-state index contributed by atoms with van der Waals surface area (Å²) in [5.41, 5.74) is 13.2. The van der Waals surface area contributed by atoms with Gasteiger partial charge in [0, 0.05) is 18.3 Å². The maximum atomic E-state index is 11.1. The second-order valence-corrected chi connectivity index (χ2v) is 9.28. The maximum absolute atomic E-state index is 11.1. The molecule has 0 aromatic heterocycles. The number of primary amides is 1. The van der Waals surface area contributed by atoms with Crippen LogP contribution in [0.4, 0.5) is 10.5 Å². The van der Waals surface area contributed by atoms with Crippen LogP contribution in [-0.2, 0) is 32.2 Å². The van der Waals surface area contributed by atoms with Crippen LogP contribution in [0.5, 0.6) is 0 Å². The van der Waals surface area contributed by atoms with Crippen molar-refractivity contribution in [3.63, 3.8) is 0 Å². The Hall–Kier alpha value is -2.33. The molecular weight excluding hydrogens is 382 g/mol. The Morgan fingerprint density at radius 1 is 0.839 bits per heavy atom. The lowest BCUT2D eigenvalue weighted by molar-refractivity contribution is 0.259. The molecule has 4 N–H and O–H groups in total. The van der Waals surface area contributed by atoms with Crippen molar-refractivity contribution in [2.24, 2.45) is 5.73 Å². The Labute approximate surface area is 187 Å². The van der Waals surface area contributed by atoms with Crippen molar-refractivity contribution in [2.45, 2.75) is 89.6 Å². The summed E-state index contributed by atoms with van der Waals surface area (Å²) in [6.07, 6.45) is 15.3. The van der Waals surface area contributed by atoms with Crippen molar-refractivity contribution >= 4 is 11.7 Å². The molecule has 0 atom stereocenters. The third-order valence-electron chi connectivity index (χ3n) is 7.01. The van der Waals surface area contributed by atoms with Crippen molar-refractivity contribution in [3.05, 3.63) is 64.2 Å². The van der Waals surface area contributed by atoms with Crippen LogP contribution in [0.15, 0.2) is 36.4 Å². The number of hydrogen-bond acceptors (Lipinski definition) is 2. The van der Waals surface area contributed by atoms with E-state index in [1.807, 2.05) is 0 Å². The number of anilines is 1. The Balaban J connectivity index is 0.000000150. The summed E-state index contributed by atoms with van der Waals surface area (Å²) in [6.45, 7) is 1.03. The minimum Gasteiger partial charge on any atom is -0.351 e. The van der Waals surface area contributed by atoms with Crippen LogP contribution in [-0.4, -0.2) is 12.1 Å². The number of urea groups is 1. The summed E-state index contributed by atoms with van der Waals surface area (Å²) < 4.78 is 0. The zero-order chi connectivity index (χ0) is 21.5. The Morgan fingerprint density at radius 3 is 2.03 bits per heavy atom. The van der Waals surface area contributed by atoms with Crippen LogP contribution in [0.2, 0.25) is 0 Å². The third-order valence-corrected chi connectivity index (χ3v) is 7.01. The molecule has 0 bridgehead atoms. The number of fused-ring (bicyclic) bond motifs is 2. The van der Waals surface area contributed by atoms with Gasteiger partial charge < -0.3 is 16.4 Å². The number of carbonyl (C=O) groups excluding carboxylic acids is 1. The molecule has 0 saturated heterocycles. The molecule has 3 aliphatic rings. The summed E-state index contributed by atoms with van der Waals surface area (Å²) in [5, 5.41) is 6.52. The van der Waals surface area contributed by atoms with Gasteiger partial charge in [-0.2, -0.15) is 0 Å². The van der Waals surface area contributed by atoms with E-state index in [1.165, 1.54) is 79.2 Å². The van der Waals surface area contributed by atoms with E-state index >= 15 is 0 Å². The quantitative estimate of drug-likeness (QED) is 0.560. The molecule has 1 saturated carbocycles. The molecule has 0 aliphatic heterocycles. The first-order valence-electron chi connectivity index (χ1n) is 12.2. The van der Waals surface area contributed by atoms with E-state index in [9.17, 15) is 4.79 Å². The van der Waals surface area contributed by atoms with E-state index in [2.05, 4.69) is 47.0 Å². The normalized spacial score (nSPS) is 17.8. The molecule has 5 rings (SSSR count). The lowest BCUT2D eigenvalue weighted by Crippen LogP contribution is -2.27. The van der Waals surface area contributed by atoms with Gasteiger partial charge in [0.05, 0.1) is 0 Å². The van der Waals surface area contributed by atoms with Crippen molar-refractivity contribution in [1.82, 2.24) is 5.32 Å². The van der Waals surface area contributed by atoms with Gasteiger partial charge >= 0.3 is 6.03 Å². The van der Waals surface area contributed by atoms with Crippen LogP contribution < -0.4 is 16.4 Å². The topological polar surface area (TPSA) is 67.2 Å². The number of nitrogens with two attached hydrogens (primary N) is 1. The molecule has 4 nitrogen and oxygen atoms in total. The van der Waals surface area contributed by atoms with Crippen LogP contribution in [0, 0.1) is 0 Å². The molecule has 1 fully saturated rings. The van der Waals surface area contributed by atoms with Crippen molar-refractivity contribution in [1.29, 1.82) is 0 Å². The second kappa shape index (κ2) is 10.8. The number of hydrogen-bond donors (Lipinski definition) is 3. The zero-order valence-corrected chi connectivity index (χ0v) is 18.7. The summed E-state index contributed by atoms with van der Waals surface area (Å²) in [4.78, 5) is 11.1. The first kappa shape index (κ1) is 21.9. The van der Waals surface area contributed by atoms with Gasteiger partial charge in [0.25, 0.3) is 0 Å². The first-order valence-corrected chi connectivity index (χ1v) is 12.2. The minimum absolute atomic E-state index is 0.436. The van der Waals surface area contributed by atoms with E-state index in [0.29, 0.717) is 0 Å². The Morgan fingerprint density at radius 2 is 1.45 bits per heavy atom. The molecular formula is C27H37N3O. The molecule has 3 aliphatic carbocycles. The van der Waals surface area contributed by atoms with Gasteiger partial charge in [-0.25, -0.2) is 4.79 Å². The van der Waals surface area contributed by atoms with E-state index in [-0.39, 0.29) is 0 Å². The minimum atomic E-state index is -0.436. The standard InChI is InChI=1S/C14H21N.C13H16N2O/c1-2-7-11-14(10-6-1)15-12-13-8-4-3-5-9-13;14-13(16)15-12-10-5-1-3-8(10)7-9-4-2-6-11(9)12/h3-5,8-9,14-15H,1-2,6-7,10-12H2;7H,1-6H2,(H3,14,15,16). The van der Waals surface area contributed by atoms with Gasteiger partial charge in [0.1, 0.15) is 0 Å².